The molecule has 0 radical (unpaired) electrons. The lowest BCUT2D eigenvalue weighted by molar-refractivity contribution is -0.114. The summed E-state index contributed by atoms with van der Waals surface area (Å²) in [6.45, 7) is 0.352. The quantitative estimate of drug-likeness (QED) is 0.525. The number of hydrogen-bond acceptors (Lipinski definition) is 4. The first kappa shape index (κ1) is 19.8. The van der Waals surface area contributed by atoms with Crippen LogP contribution in [0.15, 0.2) is 65.3 Å². The average molecular weight is 418 g/mol. The van der Waals surface area contributed by atoms with Gasteiger partial charge in [0.25, 0.3) is 5.91 Å². The van der Waals surface area contributed by atoms with Gasteiger partial charge < -0.3 is 20.4 Å². The summed E-state index contributed by atoms with van der Waals surface area (Å²) in [6, 6.07) is 15.2. The molecule has 0 atom stereocenters. The van der Waals surface area contributed by atoms with Crippen LogP contribution in [0, 0.1) is 0 Å². The van der Waals surface area contributed by atoms with Crippen molar-refractivity contribution in [3.8, 4) is 0 Å². The highest BCUT2D eigenvalue weighted by atomic mass is 35.5. The lowest BCUT2D eigenvalue weighted by atomic mass is 10.2. The van der Waals surface area contributed by atoms with Crippen molar-refractivity contribution in [2.45, 2.75) is 6.54 Å². The molecule has 0 spiro atoms. The summed E-state index contributed by atoms with van der Waals surface area (Å²) < 4.78 is 5.17. The van der Waals surface area contributed by atoms with Crippen LogP contribution in [0.2, 0.25) is 10.0 Å². The molecule has 0 aliphatic heterocycles. The number of nitrogens with one attached hydrogen (secondary N) is 3. The van der Waals surface area contributed by atoms with Crippen molar-refractivity contribution >= 4 is 46.4 Å². The lowest BCUT2D eigenvalue weighted by Gasteiger charge is -2.10. The second kappa shape index (κ2) is 9.30. The van der Waals surface area contributed by atoms with E-state index in [4.69, 9.17) is 27.6 Å². The van der Waals surface area contributed by atoms with E-state index in [1.54, 1.807) is 60.9 Å². The first-order valence-corrected chi connectivity index (χ1v) is 9.16. The molecule has 0 saturated heterocycles. The molecule has 8 heteroatoms. The van der Waals surface area contributed by atoms with Gasteiger partial charge in [-0.15, -0.1) is 0 Å². The Hall–Kier alpha value is -2.96. The molecule has 0 bridgehead atoms. The third kappa shape index (κ3) is 5.52. The number of furan rings is 1. The highest BCUT2D eigenvalue weighted by Gasteiger charge is 2.08. The normalized spacial score (nSPS) is 10.4. The predicted octanol–water partition coefficient (Wildman–Crippen LogP) is 4.57. The van der Waals surface area contributed by atoms with Gasteiger partial charge in [-0.25, -0.2) is 0 Å². The SMILES string of the molecule is O=C(CNc1ccc(C(=O)NCc2ccco2)cc1)Nc1cc(Cl)ccc1Cl. The van der Waals surface area contributed by atoms with Gasteiger partial charge in [0.1, 0.15) is 5.76 Å². The van der Waals surface area contributed by atoms with Crippen LogP contribution in [-0.4, -0.2) is 18.4 Å². The zero-order valence-electron chi connectivity index (χ0n) is 14.7. The molecule has 144 valence electrons. The second-order valence-corrected chi connectivity index (χ2v) is 6.71. The van der Waals surface area contributed by atoms with E-state index in [0.717, 1.165) is 0 Å². The standard InChI is InChI=1S/C20H17Cl2N3O3/c21-14-5-8-17(22)18(10-14)25-19(26)12-23-15-6-3-13(4-7-15)20(27)24-11-16-2-1-9-28-16/h1-10,23H,11-12H2,(H,24,27)(H,25,26). The molecule has 0 aliphatic rings. The molecule has 3 rings (SSSR count). The third-order valence-corrected chi connectivity index (χ3v) is 4.37. The Bertz CT molecular complexity index is 957. The smallest absolute Gasteiger partial charge is 0.251 e. The summed E-state index contributed by atoms with van der Waals surface area (Å²) >= 11 is 11.9. The summed E-state index contributed by atoms with van der Waals surface area (Å²) in [4.78, 5) is 24.2. The Morgan fingerprint density at radius 3 is 2.50 bits per heavy atom. The fraction of sp³-hybridized carbons (Fsp3) is 0.100. The first-order chi connectivity index (χ1) is 13.5. The minimum Gasteiger partial charge on any atom is -0.467 e. The van der Waals surface area contributed by atoms with Gasteiger partial charge in [-0.3, -0.25) is 9.59 Å². The third-order valence-electron chi connectivity index (χ3n) is 3.81. The largest absolute Gasteiger partial charge is 0.467 e. The van der Waals surface area contributed by atoms with Gasteiger partial charge in [0.2, 0.25) is 5.91 Å². The molecule has 1 heterocycles. The zero-order chi connectivity index (χ0) is 19.9. The monoisotopic (exact) mass is 417 g/mol. The van der Waals surface area contributed by atoms with Crippen LogP contribution < -0.4 is 16.0 Å². The molecule has 2 aromatic carbocycles. The molecule has 28 heavy (non-hydrogen) atoms. The Labute approximate surface area is 171 Å². The van der Waals surface area contributed by atoms with Crippen LogP contribution in [0.1, 0.15) is 16.1 Å². The molecule has 0 saturated carbocycles. The van der Waals surface area contributed by atoms with Crippen molar-refractivity contribution in [3.63, 3.8) is 0 Å². The molecule has 0 aliphatic carbocycles. The van der Waals surface area contributed by atoms with E-state index in [1.807, 2.05) is 0 Å². The Morgan fingerprint density at radius 1 is 1.00 bits per heavy atom. The van der Waals surface area contributed by atoms with Gasteiger partial charge in [-0.2, -0.15) is 0 Å². The summed E-state index contributed by atoms with van der Waals surface area (Å²) in [7, 11) is 0. The van der Waals surface area contributed by atoms with Crippen molar-refractivity contribution in [1.29, 1.82) is 0 Å². The molecule has 3 N–H and O–H groups in total. The molecule has 2 amide bonds. The summed E-state index contributed by atoms with van der Waals surface area (Å²) in [6.07, 6.45) is 1.55. The van der Waals surface area contributed by atoms with Crippen molar-refractivity contribution in [3.05, 3.63) is 82.2 Å². The fourth-order valence-corrected chi connectivity index (χ4v) is 2.73. The average Bonchev–Trinajstić information content (AvgIpc) is 3.21. The van der Waals surface area contributed by atoms with Crippen LogP contribution in [0.25, 0.3) is 0 Å². The van der Waals surface area contributed by atoms with E-state index < -0.39 is 0 Å². The minimum atomic E-state index is -0.274. The van der Waals surface area contributed by atoms with Gasteiger partial charge in [-0.1, -0.05) is 23.2 Å². The lowest BCUT2D eigenvalue weighted by Crippen LogP contribution is -2.23. The molecular formula is C20H17Cl2N3O3. The maximum absolute atomic E-state index is 12.1. The highest BCUT2D eigenvalue weighted by molar-refractivity contribution is 6.35. The maximum atomic E-state index is 12.1. The van der Waals surface area contributed by atoms with Crippen LogP contribution in [0.4, 0.5) is 11.4 Å². The van der Waals surface area contributed by atoms with Gasteiger partial charge >= 0.3 is 0 Å². The van der Waals surface area contributed by atoms with Gasteiger partial charge in [-0.05, 0) is 54.6 Å². The van der Waals surface area contributed by atoms with Crippen molar-refractivity contribution in [2.75, 3.05) is 17.2 Å². The van der Waals surface area contributed by atoms with Crippen molar-refractivity contribution in [1.82, 2.24) is 5.32 Å². The summed E-state index contributed by atoms with van der Waals surface area (Å²) in [5.41, 5.74) is 1.66. The fourth-order valence-electron chi connectivity index (χ4n) is 2.39. The molecule has 3 aromatic rings. The Morgan fingerprint density at radius 2 is 1.79 bits per heavy atom. The number of hydrogen-bond donors (Lipinski definition) is 3. The van der Waals surface area contributed by atoms with Gasteiger partial charge in [0, 0.05) is 16.3 Å². The van der Waals surface area contributed by atoms with Gasteiger partial charge in [0.15, 0.2) is 0 Å². The maximum Gasteiger partial charge on any atom is 0.251 e. The molecule has 1 aromatic heterocycles. The number of carbonyl (C=O) groups is 2. The molecule has 0 fully saturated rings. The van der Waals surface area contributed by atoms with E-state index in [0.29, 0.717) is 39.3 Å². The van der Waals surface area contributed by atoms with Gasteiger partial charge in [0.05, 0.1) is 30.1 Å². The number of rotatable bonds is 7. The first-order valence-electron chi connectivity index (χ1n) is 8.40. The predicted molar refractivity (Wildman–Crippen MR) is 110 cm³/mol. The zero-order valence-corrected chi connectivity index (χ0v) is 16.2. The Kier molecular flexibility index (Phi) is 6.57. The highest BCUT2D eigenvalue weighted by Crippen LogP contribution is 2.25. The van der Waals surface area contributed by atoms with Crippen LogP contribution >= 0.6 is 23.2 Å². The van der Waals surface area contributed by atoms with Crippen molar-refractivity contribution in [2.24, 2.45) is 0 Å². The number of amides is 2. The molecule has 6 nitrogen and oxygen atoms in total. The van der Waals surface area contributed by atoms with E-state index >= 15 is 0 Å². The number of carbonyl (C=O) groups excluding carboxylic acids is 2. The Balaban J connectivity index is 1.49. The van der Waals surface area contributed by atoms with Crippen molar-refractivity contribution < 1.29 is 14.0 Å². The van der Waals surface area contributed by atoms with E-state index in [-0.39, 0.29) is 18.4 Å². The second-order valence-electron chi connectivity index (χ2n) is 5.87. The van der Waals surface area contributed by atoms with Crippen LogP contribution in [-0.2, 0) is 11.3 Å². The van der Waals surface area contributed by atoms with E-state index in [2.05, 4.69) is 16.0 Å². The number of halogens is 2. The summed E-state index contributed by atoms with van der Waals surface area (Å²) in [5.74, 6) is 0.193. The molecule has 0 unspecified atom stereocenters. The minimum absolute atomic E-state index is 0.0346. The topological polar surface area (TPSA) is 83.4 Å². The molecular weight excluding hydrogens is 401 g/mol. The van der Waals surface area contributed by atoms with E-state index in [9.17, 15) is 9.59 Å². The van der Waals surface area contributed by atoms with Crippen LogP contribution in [0.3, 0.4) is 0 Å². The summed E-state index contributed by atoms with van der Waals surface area (Å²) in [5, 5.41) is 9.33. The number of anilines is 2. The van der Waals surface area contributed by atoms with Crippen LogP contribution in [0.5, 0.6) is 0 Å². The number of benzene rings is 2. The van der Waals surface area contributed by atoms with E-state index in [1.165, 1.54) is 0 Å².